The van der Waals surface area contributed by atoms with Crippen molar-refractivity contribution in [3.8, 4) is 10.6 Å². The van der Waals surface area contributed by atoms with Gasteiger partial charge in [0.2, 0.25) is 5.91 Å². The van der Waals surface area contributed by atoms with Crippen molar-refractivity contribution >= 4 is 22.9 Å². The van der Waals surface area contributed by atoms with Crippen LogP contribution in [-0.4, -0.2) is 24.0 Å². The van der Waals surface area contributed by atoms with E-state index < -0.39 is 0 Å². The standard InChI is InChI=1S/C15H17N3OS/c1-15(6-7-16-10-15)14(19)18-12-4-2-11(3-5-12)13-17-8-9-20-13/h2-5,8-9,16H,6-7,10H2,1H3,(H,18,19). The summed E-state index contributed by atoms with van der Waals surface area (Å²) in [7, 11) is 0. The molecule has 2 N–H and O–H groups in total. The van der Waals surface area contributed by atoms with E-state index in [-0.39, 0.29) is 11.3 Å². The van der Waals surface area contributed by atoms with E-state index in [1.54, 1.807) is 17.5 Å². The first-order valence-electron chi connectivity index (χ1n) is 6.69. The topological polar surface area (TPSA) is 54.0 Å². The largest absolute Gasteiger partial charge is 0.326 e. The van der Waals surface area contributed by atoms with Crippen molar-refractivity contribution in [2.24, 2.45) is 5.41 Å². The summed E-state index contributed by atoms with van der Waals surface area (Å²) in [6, 6.07) is 7.84. The minimum Gasteiger partial charge on any atom is -0.326 e. The molecule has 4 nitrogen and oxygen atoms in total. The van der Waals surface area contributed by atoms with Gasteiger partial charge in [-0.1, -0.05) is 0 Å². The van der Waals surface area contributed by atoms with Crippen LogP contribution in [0.25, 0.3) is 10.6 Å². The van der Waals surface area contributed by atoms with Gasteiger partial charge < -0.3 is 10.6 Å². The van der Waals surface area contributed by atoms with E-state index in [0.717, 1.165) is 35.8 Å². The number of nitrogens with zero attached hydrogens (tertiary/aromatic N) is 1. The Morgan fingerprint density at radius 3 is 2.80 bits per heavy atom. The van der Waals surface area contributed by atoms with Gasteiger partial charge in [0, 0.05) is 29.4 Å². The second kappa shape index (κ2) is 5.34. The Labute approximate surface area is 122 Å². The van der Waals surface area contributed by atoms with Gasteiger partial charge in [0.25, 0.3) is 0 Å². The number of carbonyl (C=O) groups excluding carboxylic acids is 1. The molecule has 1 aliphatic heterocycles. The maximum absolute atomic E-state index is 12.3. The molecule has 2 aromatic rings. The van der Waals surface area contributed by atoms with Crippen LogP contribution < -0.4 is 10.6 Å². The fraction of sp³-hybridized carbons (Fsp3) is 0.333. The number of hydrogen-bond donors (Lipinski definition) is 2. The molecule has 1 aromatic carbocycles. The van der Waals surface area contributed by atoms with Crippen molar-refractivity contribution in [2.75, 3.05) is 18.4 Å². The Kier molecular flexibility index (Phi) is 3.54. The molecule has 1 fully saturated rings. The van der Waals surface area contributed by atoms with Crippen molar-refractivity contribution in [3.63, 3.8) is 0 Å². The predicted octanol–water partition coefficient (Wildman–Crippen LogP) is 2.75. The van der Waals surface area contributed by atoms with E-state index in [4.69, 9.17) is 0 Å². The Bertz CT molecular complexity index is 586. The highest BCUT2D eigenvalue weighted by Crippen LogP contribution is 2.27. The molecule has 2 heterocycles. The predicted molar refractivity (Wildman–Crippen MR) is 81.8 cm³/mol. The smallest absolute Gasteiger partial charge is 0.231 e. The zero-order chi connectivity index (χ0) is 14.0. The van der Waals surface area contributed by atoms with Gasteiger partial charge >= 0.3 is 0 Å². The minimum atomic E-state index is -0.298. The third kappa shape index (κ3) is 2.59. The minimum absolute atomic E-state index is 0.0875. The SMILES string of the molecule is CC1(C(=O)Nc2ccc(-c3nccs3)cc2)CCNC1. The normalized spacial score (nSPS) is 21.9. The fourth-order valence-electron chi connectivity index (χ4n) is 2.35. The van der Waals surface area contributed by atoms with Gasteiger partial charge in [-0.3, -0.25) is 4.79 Å². The summed E-state index contributed by atoms with van der Waals surface area (Å²) in [5.41, 5.74) is 1.61. The van der Waals surface area contributed by atoms with E-state index in [1.165, 1.54) is 0 Å². The van der Waals surface area contributed by atoms with Crippen molar-refractivity contribution in [1.29, 1.82) is 0 Å². The lowest BCUT2D eigenvalue weighted by Crippen LogP contribution is -2.35. The average Bonchev–Trinajstić information content (AvgIpc) is 3.11. The molecule has 1 unspecified atom stereocenters. The van der Waals surface area contributed by atoms with Crippen LogP contribution in [0.2, 0.25) is 0 Å². The molecule has 104 valence electrons. The van der Waals surface area contributed by atoms with Crippen molar-refractivity contribution in [3.05, 3.63) is 35.8 Å². The zero-order valence-corrected chi connectivity index (χ0v) is 12.2. The van der Waals surface area contributed by atoms with Crippen LogP contribution in [0.1, 0.15) is 13.3 Å². The molecule has 0 bridgehead atoms. The molecule has 0 spiro atoms. The molecular weight excluding hydrogens is 270 g/mol. The number of carbonyl (C=O) groups is 1. The summed E-state index contributed by atoms with van der Waals surface area (Å²) in [6.07, 6.45) is 2.68. The van der Waals surface area contributed by atoms with E-state index >= 15 is 0 Å². The third-order valence-electron chi connectivity index (χ3n) is 3.74. The molecule has 1 aliphatic rings. The van der Waals surface area contributed by atoms with Crippen LogP contribution in [-0.2, 0) is 4.79 Å². The summed E-state index contributed by atoms with van der Waals surface area (Å²) in [6.45, 7) is 3.66. The Balaban J connectivity index is 1.71. The lowest BCUT2D eigenvalue weighted by atomic mass is 9.89. The maximum Gasteiger partial charge on any atom is 0.231 e. The van der Waals surface area contributed by atoms with Crippen LogP contribution in [0.3, 0.4) is 0 Å². The zero-order valence-electron chi connectivity index (χ0n) is 11.3. The van der Waals surface area contributed by atoms with Crippen molar-refractivity contribution in [1.82, 2.24) is 10.3 Å². The number of aromatic nitrogens is 1. The van der Waals surface area contributed by atoms with Gasteiger partial charge in [-0.25, -0.2) is 4.98 Å². The van der Waals surface area contributed by atoms with Gasteiger partial charge in [-0.2, -0.15) is 0 Å². The molecule has 0 radical (unpaired) electrons. The van der Waals surface area contributed by atoms with E-state index in [0.29, 0.717) is 0 Å². The lowest BCUT2D eigenvalue weighted by molar-refractivity contribution is -0.123. The summed E-state index contributed by atoms with van der Waals surface area (Å²) in [5, 5.41) is 9.19. The molecular formula is C15H17N3OS. The first-order valence-corrected chi connectivity index (χ1v) is 7.57. The number of nitrogens with one attached hydrogen (secondary N) is 2. The number of hydrogen-bond acceptors (Lipinski definition) is 4. The Hall–Kier alpha value is -1.72. The maximum atomic E-state index is 12.3. The number of anilines is 1. The molecule has 20 heavy (non-hydrogen) atoms. The van der Waals surface area contributed by atoms with Crippen LogP contribution >= 0.6 is 11.3 Å². The number of amides is 1. The van der Waals surface area contributed by atoms with Crippen LogP contribution in [0, 0.1) is 5.41 Å². The molecule has 5 heteroatoms. The lowest BCUT2D eigenvalue weighted by Gasteiger charge is -2.21. The molecule has 1 atom stereocenters. The molecule has 0 saturated carbocycles. The molecule has 1 amide bonds. The average molecular weight is 287 g/mol. The molecule has 3 rings (SSSR count). The van der Waals surface area contributed by atoms with Crippen LogP contribution in [0.4, 0.5) is 5.69 Å². The van der Waals surface area contributed by atoms with Gasteiger partial charge in [-0.05, 0) is 44.2 Å². The highest BCUT2D eigenvalue weighted by molar-refractivity contribution is 7.13. The Morgan fingerprint density at radius 2 is 2.20 bits per heavy atom. The van der Waals surface area contributed by atoms with Gasteiger partial charge in [-0.15, -0.1) is 11.3 Å². The first kappa shape index (κ1) is 13.3. The van der Waals surface area contributed by atoms with Crippen LogP contribution in [0.5, 0.6) is 0 Å². The summed E-state index contributed by atoms with van der Waals surface area (Å²) < 4.78 is 0. The summed E-state index contributed by atoms with van der Waals surface area (Å²) in [4.78, 5) is 16.6. The second-order valence-electron chi connectivity index (χ2n) is 5.36. The van der Waals surface area contributed by atoms with Gasteiger partial charge in [0.15, 0.2) is 0 Å². The molecule has 1 saturated heterocycles. The fourth-order valence-corrected chi connectivity index (χ4v) is 3.00. The Morgan fingerprint density at radius 1 is 1.40 bits per heavy atom. The van der Waals surface area contributed by atoms with E-state index in [2.05, 4.69) is 15.6 Å². The first-order chi connectivity index (χ1) is 9.67. The second-order valence-corrected chi connectivity index (χ2v) is 6.25. The highest BCUT2D eigenvalue weighted by atomic mass is 32.1. The highest BCUT2D eigenvalue weighted by Gasteiger charge is 2.36. The monoisotopic (exact) mass is 287 g/mol. The van der Waals surface area contributed by atoms with E-state index in [1.807, 2.05) is 36.6 Å². The van der Waals surface area contributed by atoms with Crippen LogP contribution in [0.15, 0.2) is 35.8 Å². The third-order valence-corrected chi connectivity index (χ3v) is 4.56. The number of rotatable bonds is 3. The van der Waals surface area contributed by atoms with Gasteiger partial charge in [0.05, 0.1) is 5.41 Å². The van der Waals surface area contributed by atoms with E-state index in [9.17, 15) is 4.79 Å². The van der Waals surface area contributed by atoms with Crippen molar-refractivity contribution in [2.45, 2.75) is 13.3 Å². The molecule has 0 aliphatic carbocycles. The number of thiazole rings is 1. The summed E-state index contributed by atoms with van der Waals surface area (Å²) in [5.74, 6) is 0.0875. The number of benzene rings is 1. The van der Waals surface area contributed by atoms with Gasteiger partial charge in [0.1, 0.15) is 5.01 Å². The molecule has 1 aromatic heterocycles. The van der Waals surface area contributed by atoms with Crippen molar-refractivity contribution < 1.29 is 4.79 Å². The quantitative estimate of drug-likeness (QED) is 0.912. The summed E-state index contributed by atoms with van der Waals surface area (Å²) >= 11 is 1.61.